The van der Waals surface area contributed by atoms with E-state index < -0.39 is 29.8 Å². The standard InChI is InChI=1S/C8H11F3N2O3/c1-4(5(14)15)12-6(16)13-7(2-3-7)8(9,10)11/h4H,2-3H2,1H3,(H,14,15)(H2,12,13,16). The van der Waals surface area contributed by atoms with Crippen LogP contribution in [0.1, 0.15) is 19.8 Å². The normalized spacial score (nSPS) is 19.8. The summed E-state index contributed by atoms with van der Waals surface area (Å²) < 4.78 is 37.2. The Labute approximate surface area is 89.0 Å². The molecular formula is C8H11F3N2O3. The van der Waals surface area contributed by atoms with Gasteiger partial charge in [0.25, 0.3) is 0 Å². The smallest absolute Gasteiger partial charge is 0.411 e. The van der Waals surface area contributed by atoms with Crippen molar-refractivity contribution in [2.45, 2.75) is 37.5 Å². The lowest BCUT2D eigenvalue weighted by molar-refractivity contribution is -0.162. The van der Waals surface area contributed by atoms with E-state index in [1.807, 2.05) is 5.32 Å². The van der Waals surface area contributed by atoms with Crippen molar-refractivity contribution in [2.24, 2.45) is 0 Å². The van der Waals surface area contributed by atoms with Gasteiger partial charge in [-0.3, -0.25) is 4.79 Å². The van der Waals surface area contributed by atoms with Gasteiger partial charge in [0.05, 0.1) is 0 Å². The number of halogens is 3. The first kappa shape index (κ1) is 12.6. The van der Waals surface area contributed by atoms with Crippen molar-refractivity contribution in [1.29, 1.82) is 0 Å². The summed E-state index contributed by atoms with van der Waals surface area (Å²) in [5.74, 6) is -1.31. The van der Waals surface area contributed by atoms with Gasteiger partial charge in [0.15, 0.2) is 0 Å². The summed E-state index contributed by atoms with van der Waals surface area (Å²) in [6.45, 7) is 1.16. The highest BCUT2D eigenvalue weighted by Gasteiger charge is 2.64. The molecule has 1 fully saturated rings. The van der Waals surface area contributed by atoms with E-state index in [1.54, 1.807) is 5.32 Å². The lowest BCUT2D eigenvalue weighted by atomic mass is 10.2. The van der Waals surface area contributed by atoms with Crippen molar-refractivity contribution >= 4 is 12.0 Å². The minimum atomic E-state index is -4.50. The molecule has 2 amide bonds. The highest BCUT2D eigenvalue weighted by atomic mass is 19.4. The third kappa shape index (κ3) is 2.56. The molecular weight excluding hydrogens is 229 g/mol. The van der Waals surface area contributed by atoms with Gasteiger partial charge >= 0.3 is 18.2 Å². The van der Waals surface area contributed by atoms with Crippen LogP contribution in [0.3, 0.4) is 0 Å². The van der Waals surface area contributed by atoms with Crippen molar-refractivity contribution in [3.8, 4) is 0 Å². The predicted octanol–water partition coefficient (Wildman–Crippen LogP) is 0.854. The van der Waals surface area contributed by atoms with Crippen molar-refractivity contribution in [2.75, 3.05) is 0 Å². The lowest BCUT2D eigenvalue weighted by Gasteiger charge is -2.21. The zero-order valence-corrected chi connectivity index (χ0v) is 8.39. The molecule has 92 valence electrons. The molecule has 0 heterocycles. The number of carboxylic acid groups (broad SMARTS) is 1. The molecule has 0 aromatic heterocycles. The van der Waals surface area contributed by atoms with E-state index >= 15 is 0 Å². The first-order chi connectivity index (χ1) is 7.18. The van der Waals surface area contributed by atoms with E-state index in [0.29, 0.717) is 0 Å². The van der Waals surface area contributed by atoms with Crippen LogP contribution in [0.4, 0.5) is 18.0 Å². The maximum absolute atomic E-state index is 12.4. The Kier molecular flexibility index (Phi) is 3.02. The molecule has 1 atom stereocenters. The quantitative estimate of drug-likeness (QED) is 0.684. The van der Waals surface area contributed by atoms with Crippen LogP contribution in [-0.2, 0) is 4.79 Å². The number of hydrogen-bond donors (Lipinski definition) is 3. The van der Waals surface area contributed by atoms with Gasteiger partial charge in [-0.2, -0.15) is 13.2 Å². The number of amides is 2. The fourth-order valence-electron chi connectivity index (χ4n) is 1.12. The average molecular weight is 240 g/mol. The second kappa shape index (κ2) is 3.84. The minimum absolute atomic E-state index is 0.175. The van der Waals surface area contributed by atoms with Gasteiger partial charge in [-0.25, -0.2) is 4.79 Å². The number of hydrogen-bond acceptors (Lipinski definition) is 2. The van der Waals surface area contributed by atoms with Crippen molar-refractivity contribution < 1.29 is 27.9 Å². The zero-order chi connectivity index (χ0) is 12.6. The Balaban J connectivity index is 2.50. The minimum Gasteiger partial charge on any atom is -0.480 e. The summed E-state index contributed by atoms with van der Waals surface area (Å²) in [5.41, 5.74) is -2.17. The van der Waals surface area contributed by atoms with Gasteiger partial charge < -0.3 is 15.7 Å². The first-order valence-electron chi connectivity index (χ1n) is 4.56. The largest absolute Gasteiger partial charge is 0.480 e. The van der Waals surface area contributed by atoms with E-state index in [2.05, 4.69) is 0 Å². The average Bonchev–Trinajstić information content (AvgIpc) is 2.83. The van der Waals surface area contributed by atoms with Gasteiger partial charge in [0.2, 0.25) is 0 Å². The maximum atomic E-state index is 12.4. The van der Waals surface area contributed by atoms with E-state index in [9.17, 15) is 22.8 Å². The van der Waals surface area contributed by atoms with E-state index in [-0.39, 0.29) is 12.8 Å². The molecule has 3 N–H and O–H groups in total. The number of rotatable bonds is 3. The number of carboxylic acids is 1. The topological polar surface area (TPSA) is 78.4 Å². The number of alkyl halides is 3. The van der Waals surface area contributed by atoms with Crippen LogP contribution in [0.15, 0.2) is 0 Å². The Hall–Kier alpha value is -1.47. The molecule has 1 rings (SSSR count). The summed E-state index contributed by atoms with van der Waals surface area (Å²) in [4.78, 5) is 21.4. The molecule has 0 aromatic rings. The van der Waals surface area contributed by atoms with Crippen LogP contribution in [0.2, 0.25) is 0 Å². The third-order valence-electron chi connectivity index (χ3n) is 2.36. The van der Waals surface area contributed by atoms with Crippen LogP contribution < -0.4 is 10.6 Å². The molecule has 1 unspecified atom stereocenters. The molecule has 0 radical (unpaired) electrons. The molecule has 16 heavy (non-hydrogen) atoms. The summed E-state index contributed by atoms with van der Waals surface area (Å²) in [5, 5.41) is 12.1. The Morgan fingerprint density at radius 3 is 2.19 bits per heavy atom. The number of carbonyl (C=O) groups is 2. The fraction of sp³-hybridized carbons (Fsp3) is 0.750. The van der Waals surface area contributed by atoms with E-state index in [1.165, 1.54) is 0 Å². The van der Waals surface area contributed by atoms with Gasteiger partial charge in [-0.05, 0) is 19.8 Å². The summed E-state index contributed by atoms with van der Waals surface area (Å²) in [7, 11) is 0. The fourth-order valence-corrected chi connectivity index (χ4v) is 1.12. The highest BCUT2D eigenvalue weighted by molar-refractivity contribution is 5.82. The second-order valence-electron chi connectivity index (χ2n) is 3.74. The summed E-state index contributed by atoms with van der Waals surface area (Å²) in [6, 6.07) is -2.35. The molecule has 8 heteroatoms. The van der Waals surface area contributed by atoms with Crippen LogP contribution in [0.25, 0.3) is 0 Å². The lowest BCUT2D eigenvalue weighted by Crippen LogP contribution is -2.54. The Morgan fingerprint density at radius 2 is 1.88 bits per heavy atom. The molecule has 0 aliphatic heterocycles. The number of aliphatic carboxylic acids is 1. The zero-order valence-electron chi connectivity index (χ0n) is 8.39. The molecule has 0 saturated heterocycles. The molecule has 0 bridgehead atoms. The van der Waals surface area contributed by atoms with Gasteiger partial charge in [-0.1, -0.05) is 0 Å². The Bertz CT molecular complexity index is 312. The van der Waals surface area contributed by atoms with Crippen molar-refractivity contribution in [3.05, 3.63) is 0 Å². The summed E-state index contributed by atoms with van der Waals surface area (Å²) in [6.07, 6.45) is -4.85. The summed E-state index contributed by atoms with van der Waals surface area (Å²) >= 11 is 0. The highest BCUT2D eigenvalue weighted by Crippen LogP contribution is 2.48. The molecule has 0 spiro atoms. The molecule has 1 aliphatic rings. The molecule has 5 nitrogen and oxygen atoms in total. The van der Waals surface area contributed by atoms with Gasteiger partial charge in [-0.15, -0.1) is 0 Å². The van der Waals surface area contributed by atoms with Gasteiger partial charge in [0.1, 0.15) is 11.6 Å². The molecule has 1 saturated carbocycles. The second-order valence-corrected chi connectivity index (χ2v) is 3.74. The van der Waals surface area contributed by atoms with Crippen molar-refractivity contribution in [1.82, 2.24) is 10.6 Å². The van der Waals surface area contributed by atoms with Crippen LogP contribution >= 0.6 is 0 Å². The van der Waals surface area contributed by atoms with E-state index in [0.717, 1.165) is 6.92 Å². The SMILES string of the molecule is CC(NC(=O)NC1(C(F)(F)F)CC1)C(=O)O. The molecule has 1 aliphatic carbocycles. The monoisotopic (exact) mass is 240 g/mol. The van der Waals surface area contributed by atoms with Crippen LogP contribution in [0.5, 0.6) is 0 Å². The van der Waals surface area contributed by atoms with Crippen molar-refractivity contribution in [3.63, 3.8) is 0 Å². The maximum Gasteiger partial charge on any atom is 0.411 e. The first-order valence-corrected chi connectivity index (χ1v) is 4.56. The number of nitrogens with one attached hydrogen (secondary N) is 2. The predicted molar refractivity (Wildman–Crippen MR) is 46.8 cm³/mol. The van der Waals surface area contributed by atoms with Crippen LogP contribution in [0, 0.1) is 0 Å². The number of urea groups is 1. The third-order valence-corrected chi connectivity index (χ3v) is 2.36. The van der Waals surface area contributed by atoms with Crippen LogP contribution in [-0.4, -0.2) is 34.9 Å². The van der Waals surface area contributed by atoms with E-state index in [4.69, 9.17) is 5.11 Å². The molecule has 0 aromatic carbocycles. The van der Waals surface area contributed by atoms with Gasteiger partial charge in [0, 0.05) is 0 Å². The number of carbonyl (C=O) groups excluding carboxylic acids is 1. The Morgan fingerprint density at radius 1 is 1.38 bits per heavy atom.